The van der Waals surface area contributed by atoms with Crippen LogP contribution in [0.4, 0.5) is 0 Å². The Kier molecular flexibility index (Phi) is 7.00. The Balaban J connectivity index is 1.35. The van der Waals surface area contributed by atoms with Gasteiger partial charge in [-0.25, -0.2) is 9.38 Å². The van der Waals surface area contributed by atoms with Crippen molar-refractivity contribution < 1.29 is 14.3 Å². The molecule has 0 radical (unpaired) electrons. The van der Waals surface area contributed by atoms with Gasteiger partial charge in [0.1, 0.15) is 11.5 Å². The zero-order valence-electron chi connectivity index (χ0n) is 19.2. The molecular weight excluding hydrogens is 557 g/mol. The number of fused-ring (bicyclic) bond motifs is 3. The third kappa shape index (κ3) is 5.38. The number of nitrogens with one attached hydrogen (secondary N) is 1. The van der Waals surface area contributed by atoms with Crippen LogP contribution in [0.3, 0.4) is 0 Å². The molecule has 0 fully saturated rings. The molecule has 0 aliphatic rings. The summed E-state index contributed by atoms with van der Waals surface area (Å²) in [6, 6.07) is 20.8. The predicted octanol–water partition coefficient (Wildman–Crippen LogP) is 4.97. The maximum Gasteiger partial charge on any atom is 0.274 e. The lowest BCUT2D eigenvalue weighted by atomic mass is 10.2. The molecule has 37 heavy (non-hydrogen) atoms. The molecule has 3 aromatic carbocycles. The molecular formula is C26H18Cl3N3O4S. The van der Waals surface area contributed by atoms with E-state index in [2.05, 4.69) is 10.3 Å². The van der Waals surface area contributed by atoms with Gasteiger partial charge in [-0.1, -0.05) is 70.4 Å². The first-order valence-electron chi connectivity index (χ1n) is 10.9. The molecule has 1 N–H and O–H groups in total. The minimum absolute atomic E-state index is 0.133. The number of hydrogen-bond donors (Lipinski definition) is 1. The van der Waals surface area contributed by atoms with E-state index in [9.17, 15) is 9.59 Å². The van der Waals surface area contributed by atoms with Crippen molar-refractivity contribution in [3.05, 3.63) is 98.8 Å². The molecule has 1 amide bonds. The number of thiazole rings is 1. The summed E-state index contributed by atoms with van der Waals surface area (Å²) in [5.41, 5.74) is 2.53. The number of aromatic nitrogens is 2. The van der Waals surface area contributed by atoms with E-state index in [1.807, 2.05) is 24.3 Å². The normalized spacial score (nSPS) is 13.1. The third-order valence-electron chi connectivity index (χ3n) is 5.49. The monoisotopic (exact) mass is 573 g/mol. The van der Waals surface area contributed by atoms with E-state index in [0.717, 1.165) is 16.6 Å². The molecule has 1 atom stereocenters. The molecule has 0 aliphatic carbocycles. The fraction of sp³-hybridized carbons (Fsp3) is 0.115. The van der Waals surface area contributed by atoms with Crippen molar-refractivity contribution in [3.8, 4) is 11.5 Å². The second-order valence-corrected chi connectivity index (χ2v) is 11.3. The molecule has 0 bridgehead atoms. The smallest absolute Gasteiger partial charge is 0.274 e. The first-order valence-corrected chi connectivity index (χ1v) is 12.9. The maximum atomic E-state index is 13.0. The van der Waals surface area contributed by atoms with Gasteiger partial charge >= 0.3 is 0 Å². The van der Waals surface area contributed by atoms with E-state index < -0.39 is 15.9 Å². The minimum atomic E-state index is -1.95. The number of para-hydroxylation sites is 2. The van der Waals surface area contributed by atoms with E-state index in [1.54, 1.807) is 59.0 Å². The largest absolute Gasteiger partial charge is 0.497 e. The highest BCUT2D eigenvalue weighted by molar-refractivity contribution is 7.15. The van der Waals surface area contributed by atoms with Crippen LogP contribution in [-0.2, 0) is 0 Å². The molecule has 1 unspecified atom stereocenters. The van der Waals surface area contributed by atoms with Crippen molar-refractivity contribution in [1.82, 2.24) is 14.7 Å². The van der Waals surface area contributed by atoms with Gasteiger partial charge in [0.2, 0.25) is 10.0 Å². The number of rotatable bonds is 6. The summed E-state index contributed by atoms with van der Waals surface area (Å²) >= 11 is 19.5. The fourth-order valence-corrected chi connectivity index (χ4v) is 4.95. The average molecular weight is 575 g/mol. The average Bonchev–Trinajstić information content (AvgIpc) is 3.40. The predicted molar refractivity (Wildman–Crippen MR) is 147 cm³/mol. The van der Waals surface area contributed by atoms with E-state index in [0.29, 0.717) is 26.6 Å². The van der Waals surface area contributed by atoms with Gasteiger partial charge in [0.25, 0.3) is 11.5 Å². The van der Waals surface area contributed by atoms with Crippen LogP contribution in [0.15, 0.2) is 77.6 Å². The Morgan fingerprint density at radius 1 is 1.03 bits per heavy atom. The summed E-state index contributed by atoms with van der Waals surface area (Å²) in [6.07, 6.45) is 0.506. The molecule has 188 valence electrons. The van der Waals surface area contributed by atoms with Crippen LogP contribution in [0.2, 0.25) is 0 Å². The number of alkyl halides is 3. The van der Waals surface area contributed by atoms with Crippen molar-refractivity contribution in [2.75, 3.05) is 7.11 Å². The summed E-state index contributed by atoms with van der Waals surface area (Å²) in [5.74, 6) is 0.483. The molecule has 5 rings (SSSR count). The number of ether oxygens (including phenoxy) is 2. The standard InChI is InChI=1S/C26H18Cl3N3O4S/c1-35-17-12-8-16(9-13-17)22(33)31-24(26(27,28)29)36-18-10-6-15(7-11-18)14-21-23(34)32-20-5-3-2-4-19(20)30-25(32)37-21/h2-14,24H,1H3,(H,31,33)/b21-14-. The molecule has 0 spiro atoms. The molecule has 5 aromatic rings. The van der Waals surface area contributed by atoms with Crippen LogP contribution >= 0.6 is 46.1 Å². The highest BCUT2D eigenvalue weighted by Gasteiger charge is 2.36. The number of nitrogens with zero attached hydrogens (tertiary/aromatic N) is 2. The second-order valence-electron chi connectivity index (χ2n) is 7.94. The third-order valence-corrected chi connectivity index (χ3v) is 7.05. The highest BCUT2D eigenvalue weighted by atomic mass is 35.6. The Morgan fingerprint density at radius 2 is 1.70 bits per heavy atom. The second kappa shape index (κ2) is 10.2. The van der Waals surface area contributed by atoms with E-state index in [4.69, 9.17) is 44.3 Å². The van der Waals surface area contributed by atoms with Crippen LogP contribution in [0.25, 0.3) is 22.1 Å². The van der Waals surface area contributed by atoms with Crippen LogP contribution in [0, 0.1) is 0 Å². The SMILES string of the molecule is COc1ccc(C(=O)NC(Oc2ccc(/C=c3\sc4nc5ccccc5n4c3=O)cc2)C(Cl)(Cl)Cl)cc1. The molecule has 7 nitrogen and oxygen atoms in total. The van der Waals surface area contributed by atoms with E-state index in [1.165, 1.54) is 18.4 Å². The summed E-state index contributed by atoms with van der Waals surface area (Å²) in [7, 11) is 1.53. The quantitative estimate of drug-likeness (QED) is 0.229. The Morgan fingerprint density at radius 3 is 2.38 bits per heavy atom. The van der Waals surface area contributed by atoms with Crippen LogP contribution in [0.1, 0.15) is 15.9 Å². The van der Waals surface area contributed by atoms with Crippen molar-refractivity contribution in [2.24, 2.45) is 0 Å². The molecule has 2 heterocycles. The number of halogens is 3. The summed E-state index contributed by atoms with van der Waals surface area (Å²) in [5, 5.41) is 2.59. The molecule has 0 aliphatic heterocycles. The maximum absolute atomic E-state index is 13.0. The lowest BCUT2D eigenvalue weighted by molar-refractivity contribution is 0.0833. The Labute approximate surface area is 229 Å². The molecule has 0 saturated carbocycles. The van der Waals surface area contributed by atoms with Crippen LogP contribution in [-0.4, -0.2) is 32.4 Å². The first kappa shape index (κ1) is 25.4. The Bertz CT molecular complexity index is 1690. The van der Waals surface area contributed by atoms with Crippen molar-refractivity contribution >= 4 is 74.1 Å². The lowest BCUT2D eigenvalue weighted by Gasteiger charge is -2.26. The van der Waals surface area contributed by atoms with Gasteiger partial charge in [0.05, 0.1) is 22.7 Å². The number of carbonyl (C=O) groups is 1. The van der Waals surface area contributed by atoms with Crippen molar-refractivity contribution in [1.29, 1.82) is 0 Å². The molecule has 11 heteroatoms. The fourth-order valence-electron chi connectivity index (χ4n) is 3.66. The number of imidazole rings is 1. The summed E-state index contributed by atoms with van der Waals surface area (Å²) in [4.78, 5) is 30.8. The summed E-state index contributed by atoms with van der Waals surface area (Å²) in [6.45, 7) is 0. The zero-order valence-corrected chi connectivity index (χ0v) is 22.2. The van der Waals surface area contributed by atoms with Gasteiger partial charge in [-0.15, -0.1) is 0 Å². The zero-order chi connectivity index (χ0) is 26.2. The van der Waals surface area contributed by atoms with Gasteiger partial charge in [0.15, 0.2) is 4.96 Å². The minimum Gasteiger partial charge on any atom is -0.497 e. The molecule has 2 aromatic heterocycles. The van der Waals surface area contributed by atoms with Gasteiger partial charge in [-0.3, -0.25) is 9.59 Å². The molecule has 0 saturated heterocycles. The van der Waals surface area contributed by atoms with E-state index >= 15 is 0 Å². The van der Waals surface area contributed by atoms with Gasteiger partial charge in [-0.05, 0) is 60.2 Å². The number of benzene rings is 3. The van der Waals surface area contributed by atoms with Gasteiger partial charge in [0, 0.05) is 5.56 Å². The number of hydrogen-bond acceptors (Lipinski definition) is 6. The number of methoxy groups -OCH3 is 1. The van der Waals surface area contributed by atoms with E-state index in [-0.39, 0.29) is 5.56 Å². The van der Waals surface area contributed by atoms with Crippen molar-refractivity contribution in [2.45, 2.75) is 10.0 Å². The topological polar surface area (TPSA) is 81.9 Å². The Hall–Kier alpha value is -3.30. The highest BCUT2D eigenvalue weighted by Crippen LogP contribution is 2.32. The first-order chi connectivity index (χ1) is 17.7. The number of amides is 1. The van der Waals surface area contributed by atoms with Crippen LogP contribution in [0.5, 0.6) is 11.5 Å². The van der Waals surface area contributed by atoms with Gasteiger partial charge < -0.3 is 14.8 Å². The van der Waals surface area contributed by atoms with Gasteiger partial charge in [-0.2, -0.15) is 0 Å². The number of carbonyl (C=O) groups excluding carboxylic acids is 1. The van der Waals surface area contributed by atoms with Crippen LogP contribution < -0.4 is 24.9 Å². The lowest BCUT2D eigenvalue weighted by Crippen LogP contribution is -2.47. The van der Waals surface area contributed by atoms with Crippen molar-refractivity contribution in [3.63, 3.8) is 0 Å². The summed E-state index contributed by atoms with van der Waals surface area (Å²) < 4.78 is 11.1.